The van der Waals surface area contributed by atoms with Gasteiger partial charge in [-0.2, -0.15) is 5.10 Å². The Kier molecular flexibility index (Phi) is 2.98. The molecule has 102 valence electrons. The number of carbonyl (C=O) groups is 1. The van der Waals surface area contributed by atoms with E-state index in [-0.39, 0.29) is 17.2 Å². The van der Waals surface area contributed by atoms with Gasteiger partial charge in [-0.1, -0.05) is 6.07 Å². The first-order valence-electron chi connectivity index (χ1n) is 6.42. The zero-order valence-corrected chi connectivity index (χ0v) is 10.8. The molecule has 6 nitrogen and oxygen atoms in total. The molecule has 3 N–H and O–H groups in total. The number of aromatic amines is 1. The molecule has 0 unspecified atom stereocenters. The molecule has 1 aromatic heterocycles. The van der Waals surface area contributed by atoms with Gasteiger partial charge in [0.15, 0.2) is 0 Å². The summed E-state index contributed by atoms with van der Waals surface area (Å²) in [7, 11) is 0. The van der Waals surface area contributed by atoms with Crippen LogP contribution in [0, 0.1) is 0 Å². The highest BCUT2D eigenvalue weighted by molar-refractivity contribution is 6.05. The molecule has 1 amide bonds. The Morgan fingerprint density at radius 3 is 2.90 bits per heavy atom. The number of nitrogens with zero attached hydrogens (tertiary/aromatic N) is 2. The van der Waals surface area contributed by atoms with Gasteiger partial charge < -0.3 is 10.6 Å². The summed E-state index contributed by atoms with van der Waals surface area (Å²) in [5.41, 5.74) is 8.38. The summed E-state index contributed by atoms with van der Waals surface area (Å²) in [5, 5.41) is 6.07. The van der Waals surface area contributed by atoms with Gasteiger partial charge >= 0.3 is 0 Å². The van der Waals surface area contributed by atoms with E-state index in [1.807, 2.05) is 18.2 Å². The van der Waals surface area contributed by atoms with Gasteiger partial charge in [0.05, 0.1) is 0 Å². The van der Waals surface area contributed by atoms with Crippen molar-refractivity contribution in [3.8, 4) is 0 Å². The summed E-state index contributed by atoms with van der Waals surface area (Å²) in [6.45, 7) is 0.621. The number of hydrogen-bond donors (Lipinski definition) is 2. The molecule has 0 radical (unpaired) electrons. The van der Waals surface area contributed by atoms with Crippen LogP contribution in [0.1, 0.15) is 22.5 Å². The van der Waals surface area contributed by atoms with Gasteiger partial charge in [-0.25, -0.2) is 5.10 Å². The molecule has 0 saturated heterocycles. The normalized spacial score (nSPS) is 13.9. The molecule has 2 heterocycles. The summed E-state index contributed by atoms with van der Waals surface area (Å²) < 4.78 is 0. The fourth-order valence-electron chi connectivity index (χ4n) is 2.46. The number of nitrogen functional groups attached to an aromatic ring is 1. The van der Waals surface area contributed by atoms with Crippen LogP contribution in [0.5, 0.6) is 0 Å². The predicted octanol–water partition coefficient (Wildman–Crippen LogP) is 0.945. The minimum Gasteiger partial charge on any atom is -0.398 e. The number of nitrogens with one attached hydrogen (secondary N) is 1. The number of aromatic nitrogens is 2. The molecule has 0 aliphatic carbocycles. The lowest BCUT2D eigenvalue weighted by molar-refractivity contribution is 0.0979. The highest BCUT2D eigenvalue weighted by Crippen LogP contribution is 2.31. The second-order valence-corrected chi connectivity index (χ2v) is 4.71. The van der Waals surface area contributed by atoms with E-state index in [9.17, 15) is 9.59 Å². The first-order valence-corrected chi connectivity index (χ1v) is 6.42. The molecule has 0 atom stereocenters. The number of hydrogen-bond acceptors (Lipinski definition) is 4. The van der Waals surface area contributed by atoms with E-state index in [0.717, 1.165) is 24.1 Å². The molecule has 1 aliphatic rings. The summed E-state index contributed by atoms with van der Waals surface area (Å²) in [6.07, 6.45) is 1.72. The lowest BCUT2D eigenvalue weighted by atomic mass is 9.99. The number of H-pyrrole nitrogens is 1. The van der Waals surface area contributed by atoms with E-state index >= 15 is 0 Å². The minimum atomic E-state index is -0.329. The van der Waals surface area contributed by atoms with Crippen molar-refractivity contribution in [2.45, 2.75) is 12.8 Å². The van der Waals surface area contributed by atoms with Crippen LogP contribution < -0.4 is 16.2 Å². The molecule has 0 fully saturated rings. The van der Waals surface area contributed by atoms with Crippen LogP contribution in [0.2, 0.25) is 0 Å². The number of benzene rings is 1. The van der Waals surface area contributed by atoms with Gasteiger partial charge in [-0.15, -0.1) is 0 Å². The van der Waals surface area contributed by atoms with Crippen molar-refractivity contribution < 1.29 is 4.79 Å². The van der Waals surface area contributed by atoms with Gasteiger partial charge in [0, 0.05) is 24.0 Å². The maximum atomic E-state index is 12.5. The second kappa shape index (κ2) is 4.80. The van der Waals surface area contributed by atoms with E-state index in [0.29, 0.717) is 12.2 Å². The standard InChI is InChI=1S/C14H14N4O2/c15-10-4-1-5-12-9(10)3-2-8-18(12)14(20)11-6-7-13(19)17-16-11/h1,4-7H,2-3,8,15H2,(H,17,19). The maximum Gasteiger partial charge on any atom is 0.278 e. The van der Waals surface area contributed by atoms with Crippen LogP contribution in [0.15, 0.2) is 35.1 Å². The summed E-state index contributed by atoms with van der Waals surface area (Å²) in [6, 6.07) is 8.28. The average Bonchev–Trinajstić information content (AvgIpc) is 2.47. The van der Waals surface area contributed by atoms with Crippen molar-refractivity contribution in [3.63, 3.8) is 0 Å². The number of rotatable bonds is 1. The van der Waals surface area contributed by atoms with Crippen molar-refractivity contribution in [1.82, 2.24) is 10.2 Å². The predicted molar refractivity (Wildman–Crippen MR) is 75.7 cm³/mol. The average molecular weight is 270 g/mol. The largest absolute Gasteiger partial charge is 0.398 e. The number of fused-ring (bicyclic) bond motifs is 1. The molecule has 3 rings (SSSR count). The van der Waals surface area contributed by atoms with Crippen LogP contribution in [-0.2, 0) is 6.42 Å². The topological polar surface area (TPSA) is 92.1 Å². The number of amides is 1. The molecule has 1 aliphatic heterocycles. The van der Waals surface area contributed by atoms with Crippen molar-refractivity contribution in [2.24, 2.45) is 0 Å². The van der Waals surface area contributed by atoms with Crippen molar-refractivity contribution in [1.29, 1.82) is 0 Å². The monoisotopic (exact) mass is 270 g/mol. The first kappa shape index (κ1) is 12.4. The molecular weight excluding hydrogens is 256 g/mol. The summed E-state index contributed by atoms with van der Waals surface area (Å²) in [4.78, 5) is 25.2. The third-order valence-electron chi connectivity index (χ3n) is 3.43. The van der Waals surface area contributed by atoms with E-state index in [1.54, 1.807) is 4.90 Å². The number of carbonyl (C=O) groups excluding carboxylic acids is 1. The quantitative estimate of drug-likeness (QED) is 0.754. The van der Waals surface area contributed by atoms with Gasteiger partial charge in [0.1, 0.15) is 5.69 Å². The smallest absolute Gasteiger partial charge is 0.278 e. The highest BCUT2D eigenvalue weighted by atomic mass is 16.2. The first-order chi connectivity index (χ1) is 9.66. The van der Waals surface area contributed by atoms with Gasteiger partial charge in [0.2, 0.25) is 0 Å². The highest BCUT2D eigenvalue weighted by Gasteiger charge is 2.25. The molecule has 0 saturated carbocycles. The van der Waals surface area contributed by atoms with Crippen LogP contribution in [0.4, 0.5) is 11.4 Å². The van der Waals surface area contributed by atoms with Gasteiger partial charge in [-0.3, -0.25) is 9.59 Å². The molecule has 20 heavy (non-hydrogen) atoms. The van der Waals surface area contributed by atoms with E-state index in [4.69, 9.17) is 5.73 Å². The Morgan fingerprint density at radius 1 is 1.30 bits per heavy atom. The lowest BCUT2D eigenvalue weighted by Gasteiger charge is -2.29. The van der Waals surface area contributed by atoms with Gasteiger partial charge in [-0.05, 0) is 36.6 Å². The fourth-order valence-corrected chi connectivity index (χ4v) is 2.46. The van der Waals surface area contributed by atoms with Crippen LogP contribution >= 0.6 is 0 Å². The summed E-state index contributed by atoms with van der Waals surface area (Å²) >= 11 is 0. The lowest BCUT2D eigenvalue weighted by Crippen LogP contribution is -2.36. The van der Waals surface area contributed by atoms with Gasteiger partial charge in [0.25, 0.3) is 11.5 Å². The molecule has 2 aromatic rings. The Balaban J connectivity index is 2.00. The Labute approximate surface area is 115 Å². The van der Waals surface area contributed by atoms with Crippen LogP contribution in [0.25, 0.3) is 0 Å². The number of anilines is 2. The Hall–Kier alpha value is -2.63. The third kappa shape index (κ3) is 2.05. The minimum absolute atomic E-state index is 0.222. The molecule has 0 spiro atoms. The molecule has 0 bridgehead atoms. The zero-order chi connectivity index (χ0) is 14.1. The molecular formula is C14H14N4O2. The van der Waals surface area contributed by atoms with Crippen LogP contribution in [0.3, 0.4) is 0 Å². The van der Waals surface area contributed by atoms with Crippen molar-refractivity contribution >= 4 is 17.3 Å². The fraction of sp³-hybridized carbons (Fsp3) is 0.214. The number of nitrogens with two attached hydrogens (primary N) is 1. The van der Waals surface area contributed by atoms with Crippen molar-refractivity contribution in [2.75, 3.05) is 17.2 Å². The van der Waals surface area contributed by atoms with E-state index < -0.39 is 0 Å². The molecule has 6 heteroatoms. The van der Waals surface area contributed by atoms with Crippen LogP contribution in [-0.4, -0.2) is 22.6 Å². The zero-order valence-electron chi connectivity index (χ0n) is 10.8. The maximum absolute atomic E-state index is 12.5. The summed E-state index contributed by atoms with van der Waals surface area (Å²) in [5.74, 6) is -0.229. The SMILES string of the molecule is Nc1cccc2c1CCCN2C(=O)c1ccc(=O)[nH]n1. The second-order valence-electron chi connectivity index (χ2n) is 4.71. The Morgan fingerprint density at radius 2 is 2.15 bits per heavy atom. The van der Waals surface area contributed by atoms with Crippen molar-refractivity contribution in [3.05, 3.63) is 51.9 Å². The van der Waals surface area contributed by atoms with E-state index in [1.165, 1.54) is 12.1 Å². The van der Waals surface area contributed by atoms with E-state index in [2.05, 4.69) is 10.2 Å². The third-order valence-corrected chi connectivity index (χ3v) is 3.43. The Bertz CT molecular complexity index is 703. The molecule has 1 aromatic carbocycles.